The Morgan fingerprint density at radius 1 is 1.41 bits per heavy atom. The van der Waals surface area contributed by atoms with Crippen LogP contribution in [0.1, 0.15) is 24.3 Å². The molecule has 0 bridgehead atoms. The summed E-state index contributed by atoms with van der Waals surface area (Å²) in [5.41, 5.74) is 1.08. The minimum Gasteiger partial charge on any atom is -0.377 e. The Kier molecular flexibility index (Phi) is 4.48. The number of hydrogen-bond donors (Lipinski definition) is 1. The lowest BCUT2D eigenvalue weighted by molar-refractivity contribution is 0.763. The highest BCUT2D eigenvalue weighted by Gasteiger charge is 2.11. The van der Waals surface area contributed by atoms with Crippen molar-refractivity contribution in [1.82, 2.24) is 0 Å². The first kappa shape index (κ1) is 12.9. The highest BCUT2D eigenvalue weighted by Crippen LogP contribution is 2.31. The van der Waals surface area contributed by atoms with Crippen LogP contribution in [0.2, 0.25) is 5.02 Å². The molecule has 1 nitrogen and oxygen atoms in total. The van der Waals surface area contributed by atoms with E-state index in [9.17, 15) is 0 Å². The van der Waals surface area contributed by atoms with Gasteiger partial charge in [-0.1, -0.05) is 24.6 Å². The summed E-state index contributed by atoms with van der Waals surface area (Å²) >= 11 is 11.2. The van der Waals surface area contributed by atoms with Gasteiger partial charge >= 0.3 is 0 Å². The molecule has 17 heavy (non-hydrogen) atoms. The molecule has 0 fully saturated rings. The molecule has 0 saturated heterocycles. The summed E-state index contributed by atoms with van der Waals surface area (Å²) in [5, 5.41) is 6.38. The van der Waals surface area contributed by atoms with Gasteiger partial charge in [-0.3, -0.25) is 0 Å². The zero-order chi connectivity index (χ0) is 12.3. The Balaban J connectivity index is 2.19. The molecule has 0 saturated carbocycles. The fourth-order valence-corrected chi connectivity index (χ4v) is 3.32. The number of rotatable bonds is 4. The van der Waals surface area contributed by atoms with E-state index in [2.05, 4.69) is 45.7 Å². The van der Waals surface area contributed by atoms with E-state index in [0.29, 0.717) is 6.04 Å². The minimum atomic E-state index is 0.354. The molecule has 90 valence electrons. The molecule has 4 heteroatoms. The highest BCUT2D eigenvalue weighted by atomic mass is 79.9. The molecule has 0 spiro atoms. The zero-order valence-corrected chi connectivity index (χ0v) is 12.6. The lowest BCUT2D eigenvalue weighted by Gasteiger charge is -2.18. The molecule has 1 N–H and O–H groups in total. The summed E-state index contributed by atoms with van der Waals surface area (Å²) in [4.78, 5) is 1.36. The van der Waals surface area contributed by atoms with Gasteiger partial charge in [0, 0.05) is 20.1 Å². The maximum atomic E-state index is 5.93. The molecule has 0 radical (unpaired) electrons. The van der Waals surface area contributed by atoms with Crippen LogP contribution < -0.4 is 5.32 Å². The van der Waals surface area contributed by atoms with Gasteiger partial charge in [0.05, 0.1) is 6.04 Å². The van der Waals surface area contributed by atoms with Gasteiger partial charge in [-0.2, -0.15) is 0 Å². The molecule has 1 aromatic carbocycles. The Labute approximate surface area is 119 Å². The summed E-state index contributed by atoms with van der Waals surface area (Å²) in [6.07, 6.45) is 1.05. The maximum absolute atomic E-state index is 5.93. The van der Waals surface area contributed by atoms with Crippen molar-refractivity contribution >= 4 is 44.6 Å². The van der Waals surface area contributed by atoms with E-state index >= 15 is 0 Å². The average Bonchev–Trinajstić information content (AvgIpc) is 2.81. The van der Waals surface area contributed by atoms with Crippen molar-refractivity contribution in [3.63, 3.8) is 0 Å². The van der Waals surface area contributed by atoms with E-state index in [1.54, 1.807) is 11.3 Å². The van der Waals surface area contributed by atoms with E-state index in [4.69, 9.17) is 11.6 Å². The largest absolute Gasteiger partial charge is 0.377 e. The topological polar surface area (TPSA) is 12.0 Å². The molecular weight excluding hydrogens is 318 g/mol. The summed E-state index contributed by atoms with van der Waals surface area (Å²) in [5.74, 6) is 0. The van der Waals surface area contributed by atoms with Crippen molar-refractivity contribution in [2.24, 2.45) is 0 Å². The predicted molar refractivity (Wildman–Crippen MR) is 80.1 cm³/mol. The first-order valence-corrected chi connectivity index (χ1v) is 7.50. The van der Waals surface area contributed by atoms with Crippen LogP contribution in [-0.4, -0.2) is 0 Å². The van der Waals surface area contributed by atoms with E-state index in [-0.39, 0.29) is 0 Å². The second kappa shape index (κ2) is 5.89. The van der Waals surface area contributed by atoms with E-state index in [0.717, 1.165) is 21.6 Å². The third-order valence-electron chi connectivity index (χ3n) is 2.56. The summed E-state index contributed by atoms with van der Waals surface area (Å²) < 4.78 is 1.00. The zero-order valence-electron chi connectivity index (χ0n) is 9.41. The average molecular weight is 331 g/mol. The molecule has 0 amide bonds. The normalized spacial score (nSPS) is 12.4. The molecule has 1 heterocycles. The number of halogens is 2. The molecular formula is C13H13BrClNS. The van der Waals surface area contributed by atoms with Crippen molar-refractivity contribution in [1.29, 1.82) is 0 Å². The van der Waals surface area contributed by atoms with Gasteiger partial charge in [0.2, 0.25) is 0 Å². The smallest absolute Gasteiger partial charge is 0.0604 e. The van der Waals surface area contributed by atoms with Crippen LogP contribution in [0, 0.1) is 0 Å². The first-order chi connectivity index (χ1) is 8.20. The molecule has 1 aromatic heterocycles. The van der Waals surface area contributed by atoms with Gasteiger partial charge in [0.15, 0.2) is 0 Å². The van der Waals surface area contributed by atoms with Crippen LogP contribution in [0.3, 0.4) is 0 Å². The number of nitrogens with one attached hydrogen (secondary N) is 1. The van der Waals surface area contributed by atoms with E-state index < -0.39 is 0 Å². The third-order valence-corrected chi connectivity index (χ3v) is 4.43. The van der Waals surface area contributed by atoms with Crippen LogP contribution in [0.4, 0.5) is 5.69 Å². The van der Waals surface area contributed by atoms with E-state index in [1.807, 2.05) is 18.2 Å². The fraction of sp³-hybridized carbons (Fsp3) is 0.231. The highest BCUT2D eigenvalue weighted by molar-refractivity contribution is 9.10. The summed E-state index contributed by atoms with van der Waals surface area (Å²) in [6, 6.07) is 10.4. The van der Waals surface area contributed by atoms with Crippen molar-refractivity contribution in [2.45, 2.75) is 19.4 Å². The second-order valence-corrected chi connectivity index (χ2v) is 6.01. The second-order valence-electron chi connectivity index (χ2n) is 3.74. The summed E-state index contributed by atoms with van der Waals surface area (Å²) in [6.45, 7) is 2.18. The third kappa shape index (κ3) is 3.24. The predicted octanol–water partition coefficient (Wildman–Crippen LogP) is 5.73. The van der Waals surface area contributed by atoms with Gasteiger partial charge in [-0.05, 0) is 52.0 Å². The Morgan fingerprint density at radius 2 is 2.24 bits per heavy atom. The van der Waals surface area contributed by atoms with Gasteiger partial charge in [0.1, 0.15) is 0 Å². The van der Waals surface area contributed by atoms with Gasteiger partial charge < -0.3 is 5.32 Å². The Hall–Kier alpha value is -0.510. The monoisotopic (exact) mass is 329 g/mol. The number of hydrogen-bond acceptors (Lipinski definition) is 2. The van der Waals surface area contributed by atoms with Crippen LogP contribution in [0.25, 0.3) is 0 Å². The summed E-state index contributed by atoms with van der Waals surface area (Å²) in [7, 11) is 0. The van der Waals surface area contributed by atoms with Crippen molar-refractivity contribution in [2.75, 3.05) is 5.32 Å². The van der Waals surface area contributed by atoms with Crippen LogP contribution in [0.15, 0.2) is 40.2 Å². The van der Waals surface area contributed by atoms with Crippen molar-refractivity contribution in [3.05, 3.63) is 50.1 Å². The van der Waals surface area contributed by atoms with Crippen molar-refractivity contribution < 1.29 is 0 Å². The number of thiophene rings is 1. The first-order valence-electron chi connectivity index (χ1n) is 5.45. The SMILES string of the molecule is CCC(Nc1ccc(Cl)cc1Br)c1cccs1. The quantitative estimate of drug-likeness (QED) is 0.755. The minimum absolute atomic E-state index is 0.354. The number of benzene rings is 1. The van der Waals surface area contributed by atoms with Gasteiger partial charge in [-0.25, -0.2) is 0 Å². The molecule has 0 aliphatic heterocycles. The van der Waals surface area contributed by atoms with E-state index in [1.165, 1.54) is 4.88 Å². The molecule has 0 aliphatic rings. The Bertz CT molecular complexity index is 484. The van der Waals surface area contributed by atoms with Gasteiger partial charge in [-0.15, -0.1) is 11.3 Å². The standard InChI is InChI=1S/C13H13BrClNS/c1-2-11(13-4-3-7-17-13)16-12-6-5-9(15)8-10(12)14/h3-8,11,16H,2H2,1H3. The Morgan fingerprint density at radius 3 is 2.82 bits per heavy atom. The van der Waals surface area contributed by atoms with Crippen LogP contribution in [-0.2, 0) is 0 Å². The fourth-order valence-electron chi connectivity index (χ4n) is 1.66. The van der Waals surface area contributed by atoms with Crippen LogP contribution >= 0.6 is 38.9 Å². The van der Waals surface area contributed by atoms with Crippen molar-refractivity contribution in [3.8, 4) is 0 Å². The molecule has 2 rings (SSSR count). The molecule has 2 aromatic rings. The molecule has 1 unspecified atom stereocenters. The maximum Gasteiger partial charge on any atom is 0.0604 e. The molecule has 1 atom stereocenters. The van der Waals surface area contributed by atoms with Gasteiger partial charge in [0.25, 0.3) is 0 Å². The number of anilines is 1. The molecule has 0 aliphatic carbocycles. The lowest BCUT2D eigenvalue weighted by Crippen LogP contribution is -2.08. The lowest BCUT2D eigenvalue weighted by atomic mass is 10.1. The van der Waals surface area contributed by atoms with Crippen LogP contribution in [0.5, 0.6) is 0 Å².